The third kappa shape index (κ3) is 3.11. The van der Waals surface area contributed by atoms with Crippen molar-refractivity contribution in [2.24, 2.45) is 0 Å². The van der Waals surface area contributed by atoms with E-state index in [0.717, 1.165) is 35.9 Å². The first-order chi connectivity index (χ1) is 8.66. The summed E-state index contributed by atoms with van der Waals surface area (Å²) >= 11 is 0. The predicted molar refractivity (Wildman–Crippen MR) is 72.2 cm³/mol. The fourth-order valence-corrected chi connectivity index (χ4v) is 1.71. The summed E-state index contributed by atoms with van der Waals surface area (Å²) < 4.78 is 5.60. The molecule has 2 rings (SSSR count). The van der Waals surface area contributed by atoms with Crippen molar-refractivity contribution in [3.8, 4) is 11.5 Å². The molecule has 0 saturated heterocycles. The fraction of sp³-hybridized carbons (Fsp3) is 0.357. The fourth-order valence-electron chi connectivity index (χ4n) is 1.71. The number of hydrogen-bond donors (Lipinski definition) is 2. The first-order valence-electron chi connectivity index (χ1n) is 6.10. The van der Waals surface area contributed by atoms with Crippen molar-refractivity contribution in [2.45, 2.75) is 27.3 Å². The van der Waals surface area contributed by atoms with Crippen LogP contribution in [0, 0.1) is 6.92 Å². The van der Waals surface area contributed by atoms with E-state index in [0.29, 0.717) is 0 Å². The Balaban J connectivity index is 2.02. The number of aromatic nitrogens is 2. The number of aromatic amines is 1. The summed E-state index contributed by atoms with van der Waals surface area (Å²) in [7, 11) is 0. The van der Waals surface area contributed by atoms with E-state index in [9.17, 15) is 0 Å². The standard InChI is InChI=1S/C14H19N3O/c1-10(2)6-7-15-8-12-9-16-17-14(12)13-5-4-11(3)18-13/h4-6,9,15H,7-8H2,1-3H3,(H,16,17). The van der Waals surface area contributed by atoms with E-state index in [1.165, 1.54) is 5.57 Å². The summed E-state index contributed by atoms with van der Waals surface area (Å²) in [6.45, 7) is 7.76. The maximum atomic E-state index is 5.60. The molecule has 0 amide bonds. The molecule has 0 bridgehead atoms. The lowest BCUT2D eigenvalue weighted by Crippen LogP contribution is -2.13. The Kier molecular flexibility index (Phi) is 3.99. The van der Waals surface area contributed by atoms with E-state index in [1.807, 2.05) is 25.3 Å². The summed E-state index contributed by atoms with van der Waals surface area (Å²) in [6, 6.07) is 3.92. The van der Waals surface area contributed by atoms with Gasteiger partial charge in [0.25, 0.3) is 0 Å². The van der Waals surface area contributed by atoms with E-state index in [2.05, 4.69) is 35.4 Å². The second-order valence-electron chi connectivity index (χ2n) is 4.59. The molecule has 2 N–H and O–H groups in total. The predicted octanol–water partition coefficient (Wildman–Crippen LogP) is 3.03. The van der Waals surface area contributed by atoms with E-state index in [1.54, 1.807) is 0 Å². The maximum absolute atomic E-state index is 5.60. The smallest absolute Gasteiger partial charge is 0.152 e. The van der Waals surface area contributed by atoms with Gasteiger partial charge in [-0.05, 0) is 32.9 Å². The summed E-state index contributed by atoms with van der Waals surface area (Å²) in [4.78, 5) is 0. The van der Waals surface area contributed by atoms with Crippen molar-refractivity contribution >= 4 is 0 Å². The molecule has 0 aromatic carbocycles. The van der Waals surface area contributed by atoms with Crippen LogP contribution in [0.5, 0.6) is 0 Å². The zero-order valence-electron chi connectivity index (χ0n) is 11.1. The van der Waals surface area contributed by atoms with Crippen molar-refractivity contribution in [3.63, 3.8) is 0 Å². The van der Waals surface area contributed by atoms with Crippen LogP contribution in [0.15, 0.2) is 34.4 Å². The molecule has 0 aliphatic carbocycles. The van der Waals surface area contributed by atoms with Gasteiger partial charge < -0.3 is 9.73 Å². The molecule has 0 spiro atoms. The number of H-pyrrole nitrogens is 1. The average Bonchev–Trinajstić information content (AvgIpc) is 2.92. The normalized spacial score (nSPS) is 10.6. The molecule has 18 heavy (non-hydrogen) atoms. The lowest BCUT2D eigenvalue weighted by molar-refractivity contribution is 0.545. The molecule has 2 aromatic heterocycles. The zero-order chi connectivity index (χ0) is 13.0. The van der Waals surface area contributed by atoms with Gasteiger partial charge in [0.1, 0.15) is 11.5 Å². The number of furan rings is 1. The Morgan fingerprint density at radius 2 is 2.28 bits per heavy atom. The van der Waals surface area contributed by atoms with Crippen LogP contribution in [0.4, 0.5) is 0 Å². The molecular weight excluding hydrogens is 226 g/mol. The molecule has 0 unspecified atom stereocenters. The largest absolute Gasteiger partial charge is 0.460 e. The molecule has 0 atom stereocenters. The molecule has 0 aliphatic heterocycles. The topological polar surface area (TPSA) is 53.9 Å². The Bertz CT molecular complexity index is 533. The second-order valence-corrected chi connectivity index (χ2v) is 4.59. The van der Waals surface area contributed by atoms with Crippen LogP contribution in [0.25, 0.3) is 11.5 Å². The summed E-state index contributed by atoms with van der Waals surface area (Å²) in [6.07, 6.45) is 4.00. The zero-order valence-corrected chi connectivity index (χ0v) is 11.1. The van der Waals surface area contributed by atoms with Gasteiger partial charge in [0.05, 0.1) is 6.20 Å². The second kappa shape index (κ2) is 5.69. The van der Waals surface area contributed by atoms with Gasteiger partial charge in [0.15, 0.2) is 5.76 Å². The highest BCUT2D eigenvalue weighted by Crippen LogP contribution is 2.23. The van der Waals surface area contributed by atoms with Gasteiger partial charge in [-0.2, -0.15) is 5.10 Å². The minimum absolute atomic E-state index is 0.773. The van der Waals surface area contributed by atoms with E-state index in [-0.39, 0.29) is 0 Å². The Hall–Kier alpha value is -1.81. The average molecular weight is 245 g/mol. The molecule has 2 aromatic rings. The van der Waals surface area contributed by atoms with Gasteiger partial charge in [0, 0.05) is 18.7 Å². The first kappa shape index (κ1) is 12.6. The SMILES string of the molecule is CC(C)=CCNCc1cn[nH]c1-c1ccc(C)o1. The number of rotatable bonds is 5. The van der Waals surface area contributed by atoms with Gasteiger partial charge in [-0.1, -0.05) is 11.6 Å². The van der Waals surface area contributed by atoms with Gasteiger partial charge in [-0.25, -0.2) is 0 Å². The highest BCUT2D eigenvalue weighted by molar-refractivity contribution is 5.56. The van der Waals surface area contributed by atoms with Crippen molar-refractivity contribution in [2.75, 3.05) is 6.54 Å². The Morgan fingerprint density at radius 1 is 1.44 bits per heavy atom. The van der Waals surface area contributed by atoms with Crippen LogP contribution < -0.4 is 5.32 Å². The molecule has 2 heterocycles. The van der Waals surface area contributed by atoms with Crippen LogP contribution >= 0.6 is 0 Å². The lowest BCUT2D eigenvalue weighted by atomic mass is 10.2. The molecule has 0 fully saturated rings. The molecule has 0 saturated carbocycles. The van der Waals surface area contributed by atoms with Crippen LogP contribution in [-0.4, -0.2) is 16.7 Å². The van der Waals surface area contributed by atoms with Crippen molar-refractivity contribution < 1.29 is 4.42 Å². The lowest BCUT2D eigenvalue weighted by Gasteiger charge is -2.02. The monoisotopic (exact) mass is 245 g/mol. The summed E-state index contributed by atoms with van der Waals surface area (Å²) in [5.74, 6) is 1.74. The third-order valence-corrected chi connectivity index (χ3v) is 2.67. The summed E-state index contributed by atoms with van der Waals surface area (Å²) in [5, 5.41) is 10.4. The minimum atomic E-state index is 0.773. The van der Waals surface area contributed by atoms with E-state index < -0.39 is 0 Å². The number of nitrogens with one attached hydrogen (secondary N) is 2. The highest BCUT2D eigenvalue weighted by Gasteiger charge is 2.10. The van der Waals surface area contributed by atoms with Crippen LogP contribution in [0.1, 0.15) is 25.2 Å². The molecule has 4 nitrogen and oxygen atoms in total. The molecule has 0 aliphatic rings. The van der Waals surface area contributed by atoms with Gasteiger partial charge in [-0.3, -0.25) is 5.10 Å². The van der Waals surface area contributed by atoms with E-state index >= 15 is 0 Å². The molecule has 96 valence electrons. The van der Waals surface area contributed by atoms with Gasteiger partial charge in [-0.15, -0.1) is 0 Å². The summed E-state index contributed by atoms with van der Waals surface area (Å²) in [5.41, 5.74) is 3.39. The quantitative estimate of drug-likeness (QED) is 0.629. The Labute approximate surface area is 107 Å². The number of nitrogens with zero attached hydrogens (tertiary/aromatic N) is 1. The van der Waals surface area contributed by atoms with Gasteiger partial charge in [0.2, 0.25) is 0 Å². The molecular formula is C14H19N3O. The van der Waals surface area contributed by atoms with E-state index in [4.69, 9.17) is 4.42 Å². The van der Waals surface area contributed by atoms with Gasteiger partial charge >= 0.3 is 0 Å². The number of hydrogen-bond acceptors (Lipinski definition) is 3. The highest BCUT2D eigenvalue weighted by atomic mass is 16.3. The van der Waals surface area contributed by atoms with Crippen LogP contribution in [0.3, 0.4) is 0 Å². The maximum Gasteiger partial charge on any atom is 0.152 e. The van der Waals surface area contributed by atoms with Crippen molar-refractivity contribution in [3.05, 3.63) is 41.3 Å². The number of allylic oxidation sites excluding steroid dienone is 1. The molecule has 4 heteroatoms. The van der Waals surface area contributed by atoms with Crippen molar-refractivity contribution in [1.29, 1.82) is 0 Å². The first-order valence-corrected chi connectivity index (χ1v) is 6.10. The Morgan fingerprint density at radius 3 is 2.94 bits per heavy atom. The van der Waals surface area contributed by atoms with Crippen LogP contribution in [0.2, 0.25) is 0 Å². The number of aryl methyl sites for hydroxylation is 1. The van der Waals surface area contributed by atoms with Crippen molar-refractivity contribution in [1.82, 2.24) is 15.5 Å². The van der Waals surface area contributed by atoms with Crippen LogP contribution in [-0.2, 0) is 6.54 Å². The third-order valence-electron chi connectivity index (χ3n) is 2.67. The molecule has 0 radical (unpaired) electrons. The minimum Gasteiger partial charge on any atom is -0.460 e.